The van der Waals surface area contributed by atoms with E-state index in [0.29, 0.717) is 6.04 Å². The molecule has 0 bridgehead atoms. The molecule has 2 saturated heterocycles. The van der Waals surface area contributed by atoms with Crippen LogP contribution >= 0.6 is 0 Å². The first-order valence-corrected chi connectivity index (χ1v) is 5.85. The predicted octanol–water partition coefficient (Wildman–Crippen LogP) is -0.0976. The van der Waals surface area contributed by atoms with Gasteiger partial charge < -0.3 is 10.1 Å². The van der Waals surface area contributed by atoms with Crippen LogP contribution in [0.1, 0.15) is 25.7 Å². The summed E-state index contributed by atoms with van der Waals surface area (Å²) in [5.41, 5.74) is 0. The van der Waals surface area contributed by atoms with Gasteiger partial charge in [0.05, 0.1) is 7.11 Å². The second-order valence-electron chi connectivity index (χ2n) is 4.46. The number of methoxy groups -OCH3 is 1. The number of carbonyl (C=O) groups is 2. The molecule has 5 heteroatoms. The van der Waals surface area contributed by atoms with E-state index in [1.807, 2.05) is 0 Å². The largest absolute Gasteiger partial charge is 0.462 e. The van der Waals surface area contributed by atoms with Gasteiger partial charge in [0.1, 0.15) is 0 Å². The molecule has 16 heavy (non-hydrogen) atoms. The summed E-state index contributed by atoms with van der Waals surface area (Å²) in [4.78, 5) is 24.8. The molecule has 2 rings (SSSR count). The number of nitrogens with zero attached hydrogens (tertiary/aromatic N) is 1. The van der Waals surface area contributed by atoms with E-state index >= 15 is 0 Å². The van der Waals surface area contributed by atoms with Crippen LogP contribution in [-0.4, -0.2) is 49.1 Å². The molecular formula is C11H18N2O3. The molecule has 2 aliphatic rings. The van der Waals surface area contributed by atoms with Crippen LogP contribution in [-0.2, 0) is 14.3 Å². The van der Waals surface area contributed by atoms with Gasteiger partial charge in [-0.1, -0.05) is 6.42 Å². The van der Waals surface area contributed by atoms with Gasteiger partial charge in [0.15, 0.2) is 0 Å². The van der Waals surface area contributed by atoms with Gasteiger partial charge in [0, 0.05) is 18.6 Å². The van der Waals surface area contributed by atoms with Crippen molar-refractivity contribution in [3.8, 4) is 0 Å². The predicted molar refractivity (Wildman–Crippen MR) is 57.8 cm³/mol. The quantitative estimate of drug-likeness (QED) is 0.501. The molecule has 2 unspecified atom stereocenters. The minimum atomic E-state index is -0.797. The highest BCUT2D eigenvalue weighted by Crippen LogP contribution is 2.26. The van der Waals surface area contributed by atoms with Gasteiger partial charge in [-0.3, -0.25) is 9.69 Å². The summed E-state index contributed by atoms with van der Waals surface area (Å²) in [6, 6.07) is 0.536. The lowest BCUT2D eigenvalue weighted by Gasteiger charge is -2.32. The fourth-order valence-corrected chi connectivity index (χ4v) is 2.74. The number of hydrogen-bond acceptors (Lipinski definition) is 4. The average molecular weight is 226 g/mol. The molecular weight excluding hydrogens is 208 g/mol. The summed E-state index contributed by atoms with van der Waals surface area (Å²) in [5.74, 6) is -1.41. The first-order valence-electron chi connectivity index (χ1n) is 5.85. The third kappa shape index (κ3) is 2.19. The summed E-state index contributed by atoms with van der Waals surface area (Å²) in [6.45, 7) is 2.14. The van der Waals surface area contributed by atoms with Gasteiger partial charge in [0.25, 0.3) is 0 Å². The van der Waals surface area contributed by atoms with Gasteiger partial charge in [-0.15, -0.1) is 0 Å². The molecule has 5 nitrogen and oxygen atoms in total. The number of amides is 1. The molecule has 2 heterocycles. The molecule has 0 aromatic rings. The summed E-state index contributed by atoms with van der Waals surface area (Å²) < 4.78 is 4.39. The monoisotopic (exact) mass is 226 g/mol. The second-order valence-corrected chi connectivity index (χ2v) is 4.46. The van der Waals surface area contributed by atoms with Crippen molar-refractivity contribution < 1.29 is 14.3 Å². The Balaban J connectivity index is 1.90. The van der Waals surface area contributed by atoms with E-state index in [9.17, 15) is 9.59 Å². The average Bonchev–Trinajstić information content (AvgIpc) is 2.72. The summed E-state index contributed by atoms with van der Waals surface area (Å²) in [7, 11) is 1.23. The van der Waals surface area contributed by atoms with Crippen LogP contribution in [0.25, 0.3) is 0 Å². The number of rotatable bonds is 1. The van der Waals surface area contributed by atoms with Crippen molar-refractivity contribution in [3.63, 3.8) is 0 Å². The Morgan fingerprint density at radius 1 is 1.25 bits per heavy atom. The first-order chi connectivity index (χ1) is 7.72. The van der Waals surface area contributed by atoms with Crippen molar-refractivity contribution in [1.82, 2.24) is 10.2 Å². The van der Waals surface area contributed by atoms with E-state index in [0.717, 1.165) is 25.9 Å². The standard InChI is InChI=1S/C11H18N2O3/c1-16-11(15)10(14)12-8-5-7-13-6-3-2-4-9(8)13/h8-9H,2-7H2,1H3,(H,12,14). The van der Waals surface area contributed by atoms with Crippen LogP contribution in [0, 0.1) is 0 Å². The van der Waals surface area contributed by atoms with Gasteiger partial charge in [-0.05, 0) is 25.8 Å². The van der Waals surface area contributed by atoms with Crippen LogP contribution in [0.5, 0.6) is 0 Å². The number of ether oxygens (including phenoxy) is 1. The molecule has 90 valence electrons. The maximum Gasteiger partial charge on any atom is 0.396 e. The molecule has 2 aliphatic heterocycles. The second kappa shape index (κ2) is 4.82. The summed E-state index contributed by atoms with van der Waals surface area (Å²) >= 11 is 0. The van der Waals surface area contributed by atoms with E-state index in [4.69, 9.17) is 0 Å². The lowest BCUT2D eigenvalue weighted by Crippen LogP contribution is -2.48. The minimum Gasteiger partial charge on any atom is -0.462 e. The van der Waals surface area contributed by atoms with Gasteiger partial charge >= 0.3 is 11.9 Å². The van der Waals surface area contributed by atoms with Gasteiger partial charge in [-0.25, -0.2) is 4.79 Å². The maximum atomic E-state index is 11.4. The number of nitrogens with one attached hydrogen (secondary N) is 1. The van der Waals surface area contributed by atoms with Crippen molar-refractivity contribution in [3.05, 3.63) is 0 Å². The zero-order valence-corrected chi connectivity index (χ0v) is 9.57. The molecule has 2 fully saturated rings. The van der Waals surface area contributed by atoms with E-state index in [-0.39, 0.29) is 6.04 Å². The van der Waals surface area contributed by atoms with E-state index in [2.05, 4.69) is 15.0 Å². The van der Waals surface area contributed by atoms with Gasteiger partial charge in [-0.2, -0.15) is 0 Å². The topological polar surface area (TPSA) is 58.6 Å². The number of carbonyl (C=O) groups excluding carboxylic acids is 2. The summed E-state index contributed by atoms with van der Waals surface area (Å²) in [5, 5.41) is 2.77. The Hall–Kier alpha value is -1.10. The normalized spacial score (nSPS) is 29.6. The molecule has 0 aliphatic carbocycles. The Morgan fingerprint density at radius 3 is 2.81 bits per heavy atom. The van der Waals surface area contributed by atoms with E-state index < -0.39 is 11.9 Å². The number of piperidine rings is 1. The molecule has 0 aromatic carbocycles. The number of fused-ring (bicyclic) bond motifs is 1. The fourth-order valence-electron chi connectivity index (χ4n) is 2.74. The molecule has 0 saturated carbocycles. The van der Waals surface area contributed by atoms with Crippen molar-refractivity contribution in [2.45, 2.75) is 37.8 Å². The lowest BCUT2D eigenvalue weighted by molar-refractivity contribution is -0.153. The van der Waals surface area contributed by atoms with Crippen LogP contribution < -0.4 is 5.32 Å². The Bertz CT molecular complexity index is 293. The molecule has 0 aromatic heterocycles. The zero-order valence-electron chi connectivity index (χ0n) is 9.57. The highest BCUT2D eigenvalue weighted by molar-refractivity contribution is 6.32. The summed E-state index contributed by atoms with van der Waals surface area (Å²) in [6.07, 6.45) is 4.51. The fraction of sp³-hybridized carbons (Fsp3) is 0.818. The minimum absolute atomic E-state index is 0.117. The zero-order chi connectivity index (χ0) is 11.5. The smallest absolute Gasteiger partial charge is 0.396 e. The third-order valence-electron chi connectivity index (χ3n) is 3.54. The Morgan fingerprint density at radius 2 is 2.06 bits per heavy atom. The van der Waals surface area contributed by atoms with Crippen molar-refractivity contribution in [2.75, 3.05) is 20.2 Å². The van der Waals surface area contributed by atoms with E-state index in [1.165, 1.54) is 20.0 Å². The van der Waals surface area contributed by atoms with Gasteiger partial charge in [0.2, 0.25) is 0 Å². The number of hydrogen-bond donors (Lipinski definition) is 1. The van der Waals surface area contributed by atoms with Crippen LogP contribution in [0.4, 0.5) is 0 Å². The maximum absolute atomic E-state index is 11.4. The van der Waals surface area contributed by atoms with Crippen molar-refractivity contribution in [1.29, 1.82) is 0 Å². The molecule has 2 atom stereocenters. The van der Waals surface area contributed by atoms with Crippen molar-refractivity contribution >= 4 is 11.9 Å². The molecule has 0 spiro atoms. The number of esters is 1. The van der Waals surface area contributed by atoms with Crippen molar-refractivity contribution in [2.24, 2.45) is 0 Å². The highest BCUT2D eigenvalue weighted by atomic mass is 16.5. The third-order valence-corrected chi connectivity index (χ3v) is 3.54. The Labute approximate surface area is 95.1 Å². The molecule has 0 radical (unpaired) electrons. The highest BCUT2D eigenvalue weighted by Gasteiger charge is 2.37. The first kappa shape index (κ1) is 11.4. The molecule has 1 N–H and O–H groups in total. The lowest BCUT2D eigenvalue weighted by atomic mass is 9.99. The van der Waals surface area contributed by atoms with Crippen LogP contribution in [0.3, 0.4) is 0 Å². The Kier molecular flexibility index (Phi) is 3.43. The van der Waals surface area contributed by atoms with Crippen LogP contribution in [0.2, 0.25) is 0 Å². The molecule has 1 amide bonds. The van der Waals surface area contributed by atoms with Crippen LogP contribution in [0.15, 0.2) is 0 Å². The SMILES string of the molecule is COC(=O)C(=O)NC1CCN2CCCCC12. The van der Waals surface area contributed by atoms with E-state index in [1.54, 1.807) is 0 Å².